The molecule has 3 aromatic rings. The van der Waals surface area contributed by atoms with Crippen LogP contribution in [0, 0.1) is 11.6 Å². The Bertz CT molecular complexity index is 1510. The summed E-state index contributed by atoms with van der Waals surface area (Å²) in [7, 11) is -8.75. The highest BCUT2D eigenvalue weighted by atomic mass is 32.2. The normalized spacial score (nSPS) is 13.9. The molecular weight excluding hydrogens is 490 g/mol. The fourth-order valence-electron chi connectivity index (χ4n) is 3.74. The van der Waals surface area contributed by atoms with Crippen LogP contribution < -0.4 is 9.03 Å². The standard InChI is InChI=1S/C22H18F2N2O6S2/c23-15-8-10-21(18(24)12-15)33(29,30)25-16-9-7-14-4-3-11-26(19(14)13-16)34(31,32)20-6-2-1-5-17(20)22(27)28/h1-2,5-10,12-13,25H,3-4,11H2,(H,27,28). The van der Waals surface area contributed by atoms with Gasteiger partial charge in [-0.3, -0.25) is 9.03 Å². The van der Waals surface area contributed by atoms with Crippen LogP contribution in [0.1, 0.15) is 22.3 Å². The molecule has 0 aliphatic carbocycles. The molecule has 0 saturated heterocycles. The number of aromatic carboxylic acids is 1. The number of rotatable bonds is 6. The molecule has 0 aromatic heterocycles. The van der Waals surface area contributed by atoms with Crippen molar-refractivity contribution >= 4 is 37.4 Å². The smallest absolute Gasteiger partial charge is 0.337 e. The van der Waals surface area contributed by atoms with Gasteiger partial charge in [-0.15, -0.1) is 0 Å². The molecule has 0 radical (unpaired) electrons. The average molecular weight is 509 g/mol. The van der Waals surface area contributed by atoms with E-state index >= 15 is 0 Å². The van der Waals surface area contributed by atoms with Gasteiger partial charge in [0.25, 0.3) is 20.0 Å². The summed E-state index contributed by atoms with van der Waals surface area (Å²) in [4.78, 5) is 10.4. The lowest BCUT2D eigenvalue weighted by molar-refractivity contribution is 0.0692. The third-order valence-electron chi connectivity index (χ3n) is 5.28. The van der Waals surface area contributed by atoms with Crippen LogP contribution in [0.3, 0.4) is 0 Å². The van der Waals surface area contributed by atoms with Gasteiger partial charge in [0.1, 0.15) is 21.4 Å². The Morgan fingerprint density at radius 1 is 0.941 bits per heavy atom. The maximum absolute atomic E-state index is 14.0. The summed E-state index contributed by atoms with van der Waals surface area (Å²) in [5.41, 5.74) is 0.346. The van der Waals surface area contributed by atoms with E-state index in [0.717, 1.165) is 16.4 Å². The summed E-state index contributed by atoms with van der Waals surface area (Å²) in [6, 6.07) is 11.4. The first kappa shape index (κ1) is 23.6. The molecule has 1 aliphatic heterocycles. The number of nitrogens with zero attached hydrogens (tertiary/aromatic N) is 1. The highest BCUT2D eigenvalue weighted by molar-refractivity contribution is 7.93. The minimum atomic E-state index is -4.45. The molecule has 178 valence electrons. The third-order valence-corrected chi connectivity index (χ3v) is 8.57. The van der Waals surface area contributed by atoms with Gasteiger partial charge in [-0.1, -0.05) is 18.2 Å². The monoisotopic (exact) mass is 508 g/mol. The van der Waals surface area contributed by atoms with Crippen LogP contribution in [0.25, 0.3) is 0 Å². The van der Waals surface area contributed by atoms with Crippen LogP contribution >= 0.6 is 0 Å². The number of carboxylic acid groups (broad SMARTS) is 1. The molecule has 4 rings (SSSR count). The minimum absolute atomic E-state index is 0.0453. The molecule has 1 heterocycles. The largest absolute Gasteiger partial charge is 0.478 e. The second kappa shape index (κ2) is 8.69. The molecule has 0 spiro atoms. The zero-order valence-corrected chi connectivity index (χ0v) is 19.0. The number of fused-ring (bicyclic) bond motifs is 1. The Morgan fingerprint density at radius 2 is 1.68 bits per heavy atom. The number of anilines is 2. The molecule has 0 bridgehead atoms. The number of benzene rings is 3. The van der Waals surface area contributed by atoms with Gasteiger partial charge in [-0.05, 0) is 54.8 Å². The zero-order valence-electron chi connectivity index (χ0n) is 17.4. The number of halogens is 2. The summed E-state index contributed by atoms with van der Waals surface area (Å²) in [5, 5.41) is 9.43. The van der Waals surface area contributed by atoms with Gasteiger partial charge >= 0.3 is 5.97 Å². The molecule has 1 aliphatic rings. The molecule has 0 amide bonds. The van der Waals surface area contributed by atoms with Crippen molar-refractivity contribution in [1.82, 2.24) is 0 Å². The predicted molar refractivity (Wildman–Crippen MR) is 120 cm³/mol. The van der Waals surface area contributed by atoms with Crippen molar-refractivity contribution in [3.8, 4) is 0 Å². The molecule has 3 aromatic carbocycles. The molecule has 0 unspecified atom stereocenters. The van der Waals surface area contributed by atoms with E-state index in [1.54, 1.807) is 6.07 Å². The van der Waals surface area contributed by atoms with Gasteiger partial charge in [-0.2, -0.15) is 0 Å². The summed E-state index contributed by atoms with van der Waals surface area (Å²) in [5.74, 6) is -3.62. The van der Waals surface area contributed by atoms with E-state index in [0.29, 0.717) is 24.5 Å². The van der Waals surface area contributed by atoms with Gasteiger partial charge in [0, 0.05) is 12.6 Å². The Morgan fingerprint density at radius 3 is 2.38 bits per heavy atom. The summed E-state index contributed by atoms with van der Waals surface area (Å²) in [6.07, 6.45) is 0.981. The first-order valence-electron chi connectivity index (χ1n) is 9.96. The van der Waals surface area contributed by atoms with Crippen LogP contribution in [-0.2, 0) is 26.5 Å². The van der Waals surface area contributed by atoms with Gasteiger partial charge in [0.2, 0.25) is 0 Å². The van der Waals surface area contributed by atoms with Crippen LogP contribution in [-0.4, -0.2) is 34.5 Å². The first-order chi connectivity index (χ1) is 16.0. The molecule has 12 heteroatoms. The Kier molecular flexibility index (Phi) is 6.04. The lowest BCUT2D eigenvalue weighted by Crippen LogP contribution is -2.36. The molecule has 0 fully saturated rings. The van der Waals surface area contributed by atoms with Crippen molar-refractivity contribution in [2.75, 3.05) is 15.6 Å². The van der Waals surface area contributed by atoms with E-state index in [9.17, 15) is 35.5 Å². The Labute approximate surface area is 194 Å². The molecule has 34 heavy (non-hydrogen) atoms. The second-order valence-electron chi connectivity index (χ2n) is 7.51. The lowest BCUT2D eigenvalue weighted by Gasteiger charge is -2.31. The SMILES string of the molecule is O=C(O)c1ccccc1S(=O)(=O)N1CCCc2ccc(NS(=O)(=O)c3ccc(F)cc3F)cc21. The van der Waals surface area contributed by atoms with Crippen LogP contribution in [0.5, 0.6) is 0 Å². The maximum Gasteiger partial charge on any atom is 0.337 e. The Hall–Kier alpha value is -3.51. The number of nitrogens with one attached hydrogen (secondary N) is 1. The summed E-state index contributed by atoms with van der Waals surface area (Å²) in [6.45, 7) is 0.0477. The van der Waals surface area contributed by atoms with Crippen molar-refractivity contribution < 1.29 is 35.5 Å². The number of aryl methyl sites for hydroxylation is 1. The van der Waals surface area contributed by atoms with E-state index in [2.05, 4.69) is 4.72 Å². The molecule has 0 saturated carbocycles. The fourth-order valence-corrected chi connectivity index (χ4v) is 6.57. The third kappa shape index (κ3) is 4.33. The van der Waals surface area contributed by atoms with E-state index in [4.69, 9.17) is 0 Å². The number of hydrogen-bond donors (Lipinski definition) is 2. The summed E-state index contributed by atoms with van der Waals surface area (Å²) >= 11 is 0. The molecule has 0 atom stereocenters. The quantitative estimate of drug-likeness (QED) is 0.525. The van der Waals surface area contributed by atoms with Crippen LogP contribution in [0.15, 0.2) is 70.5 Å². The average Bonchev–Trinajstić information content (AvgIpc) is 2.78. The zero-order chi connectivity index (χ0) is 24.7. The van der Waals surface area contributed by atoms with Crippen LogP contribution in [0.4, 0.5) is 20.2 Å². The number of carboxylic acids is 1. The van der Waals surface area contributed by atoms with Crippen molar-refractivity contribution in [2.24, 2.45) is 0 Å². The van der Waals surface area contributed by atoms with Gasteiger partial charge in [0.05, 0.1) is 16.9 Å². The number of carbonyl (C=O) groups is 1. The highest BCUT2D eigenvalue weighted by Crippen LogP contribution is 2.35. The minimum Gasteiger partial charge on any atom is -0.478 e. The van der Waals surface area contributed by atoms with Crippen molar-refractivity contribution in [3.63, 3.8) is 0 Å². The van der Waals surface area contributed by atoms with Crippen LogP contribution in [0.2, 0.25) is 0 Å². The van der Waals surface area contributed by atoms with Crippen molar-refractivity contribution in [1.29, 1.82) is 0 Å². The van der Waals surface area contributed by atoms with E-state index < -0.39 is 53.0 Å². The fraction of sp³-hybridized carbons (Fsp3) is 0.136. The number of sulfonamides is 2. The topological polar surface area (TPSA) is 121 Å². The number of hydrogen-bond acceptors (Lipinski definition) is 5. The van der Waals surface area contributed by atoms with Crippen molar-refractivity contribution in [3.05, 3.63) is 83.4 Å². The van der Waals surface area contributed by atoms with Gasteiger partial charge < -0.3 is 5.11 Å². The second-order valence-corrected chi connectivity index (χ2v) is 11.0. The lowest BCUT2D eigenvalue weighted by atomic mass is 10.0. The van der Waals surface area contributed by atoms with Gasteiger partial charge in [-0.25, -0.2) is 30.4 Å². The molecular formula is C22H18F2N2O6S2. The maximum atomic E-state index is 14.0. The molecule has 8 nitrogen and oxygen atoms in total. The van der Waals surface area contributed by atoms with E-state index in [1.165, 1.54) is 36.4 Å². The van der Waals surface area contributed by atoms with Gasteiger partial charge in [0.15, 0.2) is 0 Å². The predicted octanol–water partition coefficient (Wildman–Crippen LogP) is 3.61. The van der Waals surface area contributed by atoms with E-state index in [1.807, 2.05) is 0 Å². The Balaban J connectivity index is 1.75. The summed E-state index contributed by atoms with van der Waals surface area (Å²) < 4.78 is 82.5. The highest BCUT2D eigenvalue weighted by Gasteiger charge is 2.32. The van der Waals surface area contributed by atoms with E-state index in [-0.39, 0.29) is 17.9 Å². The molecule has 2 N–H and O–H groups in total. The first-order valence-corrected chi connectivity index (χ1v) is 12.9. The van der Waals surface area contributed by atoms with Crippen molar-refractivity contribution in [2.45, 2.75) is 22.6 Å².